The van der Waals surface area contributed by atoms with Crippen LogP contribution in [0.4, 0.5) is 17.6 Å². The van der Waals surface area contributed by atoms with E-state index in [0.717, 1.165) is 22.3 Å². The van der Waals surface area contributed by atoms with Gasteiger partial charge < -0.3 is 15.4 Å². The highest BCUT2D eigenvalue weighted by Crippen LogP contribution is 2.29. The lowest BCUT2D eigenvalue weighted by molar-refractivity contribution is -0.140. The van der Waals surface area contributed by atoms with Crippen LogP contribution in [0, 0.1) is 5.82 Å². The zero-order valence-corrected chi connectivity index (χ0v) is 17.7. The number of alkyl halides is 3. The number of benzene rings is 1. The van der Waals surface area contributed by atoms with E-state index >= 15 is 0 Å². The van der Waals surface area contributed by atoms with E-state index in [1.807, 2.05) is 0 Å². The second kappa shape index (κ2) is 10.8. The molecule has 2 rings (SSSR count). The molecule has 0 aliphatic carbocycles. The van der Waals surface area contributed by atoms with Gasteiger partial charge in [-0.05, 0) is 17.7 Å². The van der Waals surface area contributed by atoms with Crippen molar-refractivity contribution in [1.82, 2.24) is 15.6 Å². The largest absolute Gasteiger partial charge is 0.434 e. The van der Waals surface area contributed by atoms with Gasteiger partial charge in [-0.1, -0.05) is 12.1 Å². The van der Waals surface area contributed by atoms with Crippen LogP contribution >= 0.6 is 35.3 Å². The number of aliphatic imine (C=N–C) groups is 1. The van der Waals surface area contributed by atoms with Gasteiger partial charge in [0.05, 0.1) is 12.6 Å². The SMILES string of the molecule is CN=C(NCc1nc(C(F)(F)F)cs1)NCC(OC)c1ccc(F)cc1.I. The van der Waals surface area contributed by atoms with Crippen molar-refractivity contribution in [2.45, 2.75) is 18.8 Å². The van der Waals surface area contributed by atoms with Crippen molar-refractivity contribution in [2.75, 3.05) is 20.7 Å². The van der Waals surface area contributed by atoms with Gasteiger partial charge in [-0.2, -0.15) is 13.2 Å². The van der Waals surface area contributed by atoms with Crippen molar-refractivity contribution in [3.05, 3.63) is 51.7 Å². The number of halogens is 5. The fraction of sp³-hybridized carbons (Fsp3) is 0.375. The van der Waals surface area contributed by atoms with Crippen molar-refractivity contribution < 1.29 is 22.3 Å². The number of aromatic nitrogens is 1. The summed E-state index contributed by atoms with van der Waals surface area (Å²) in [7, 11) is 3.07. The average molecular weight is 518 g/mol. The molecule has 2 N–H and O–H groups in total. The Hall–Kier alpha value is -1.47. The quantitative estimate of drug-likeness (QED) is 0.263. The lowest BCUT2D eigenvalue weighted by atomic mass is 10.1. The molecule has 5 nitrogen and oxygen atoms in total. The molecule has 0 amide bonds. The highest BCUT2D eigenvalue weighted by molar-refractivity contribution is 14.0. The van der Waals surface area contributed by atoms with Gasteiger partial charge in [0.25, 0.3) is 0 Å². The minimum Gasteiger partial charge on any atom is -0.375 e. The molecule has 1 aromatic carbocycles. The predicted molar refractivity (Wildman–Crippen MR) is 107 cm³/mol. The summed E-state index contributed by atoms with van der Waals surface area (Å²) in [4.78, 5) is 7.55. The summed E-state index contributed by atoms with van der Waals surface area (Å²) in [6.45, 7) is 0.447. The highest BCUT2D eigenvalue weighted by Gasteiger charge is 2.33. The van der Waals surface area contributed by atoms with Crippen LogP contribution in [0.25, 0.3) is 0 Å². The van der Waals surface area contributed by atoms with Crippen LogP contribution in [0.3, 0.4) is 0 Å². The summed E-state index contributed by atoms with van der Waals surface area (Å²) in [6.07, 6.45) is -4.79. The Morgan fingerprint density at radius 1 is 1.26 bits per heavy atom. The molecular formula is C16H19F4IN4OS. The van der Waals surface area contributed by atoms with Crippen LogP contribution < -0.4 is 10.6 Å². The molecule has 150 valence electrons. The van der Waals surface area contributed by atoms with Crippen LogP contribution in [0.15, 0.2) is 34.6 Å². The van der Waals surface area contributed by atoms with Gasteiger partial charge in [0.15, 0.2) is 11.7 Å². The van der Waals surface area contributed by atoms with Crippen molar-refractivity contribution in [1.29, 1.82) is 0 Å². The summed E-state index contributed by atoms with van der Waals surface area (Å²) < 4.78 is 56.0. The Morgan fingerprint density at radius 2 is 1.93 bits per heavy atom. The Labute approximate surface area is 175 Å². The van der Waals surface area contributed by atoms with Crippen LogP contribution in [-0.4, -0.2) is 31.6 Å². The molecule has 1 unspecified atom stereocenters. The van der Waals surface area contributed by atoms with Gasteiger partial charge in [-0.3, -0.25) is 4.99 Å². The van der Waals surface area contributed by atoms with Gasteiger partial charge >= 0.3 is 6.18 Å². The van der Waals surface area contributed by atoms with Crippen LogP contribution in [-0.2, 0) is 17.5 Å². The molecule has 2 aromatic rings. The van der Waals surface area contributed by atoms with Gasteiger partial charge in [0.1, 0.15) is 10.8 Å². The fourth-order valence-electron chi connectivity index (χ4n) is 2.11. The van der Waals surface area contributed by atoms with E-state index in [0.29, 0.717) is 17.5 Å². The first-order valence-corrected chi connectivity index (χ1v) is 8.46. The number of hydrogen-bond acceptors (Lipinski definition) is 4. The molecule has 0 aliphatic rings. The van der Waals surface area contributed by atoms with Crippen molar-refractivity contribution >= 4 is 41.3 Å². The van der Waals surface area contributed by atoms with E-state index < -0.39 is 11.9 Å². The van der Waals surface area contributed by atoms with Crippen molar-refractivity contribution in [3.8, 4) is 0 Å². The normalized spacial score (nSPS) is 13.0. The summed E-state index contributed by atoms with van der Waals surface area (Å²) in [5.41, 5.74) is -0.121. The number of thiazole rings is 1. The van der Waals surface area contributed by atoms with E-state index in [4.69, 9.17) is 4.74 Å². The maximum absolute atomic E-state index is 13.0. The first-order valence-electron chi connectivity index (χ1n) is 7.58. The van der Waals surface area contributed by atoms with Gasteiger partial charge in [0.2, 0.25) is 0 Å². The third-order valence-electron chi connectivity index (χ3n) is 3.45. The predicted octanol–water partition coefficient (Wildman–Crippen LogP) is 3.97. The molecular weight excluding hydrogens is 499 g/mol. The number of methoxy groups -OCH3 is 1. The molecule has 0 saturated heterocycles. The van der Waals surface area contributed by atoms with Crippen molar-refractivity contribution in [3.63, 3.8) is 0 Å². The number of nitrogens with one attached hydrogen (secondary N) is 2. The molecule has 0 aliphatic heterocycles. The van der Waals surface area contributed by atoms with Crippen LogP contribution in [0.5, 0.6) is 0 Å². The second-order valence-corrected chi connectivity index (χ2v) is 6.15. The number of hydrogen-bond donors (Lipinski definition) is 2. The van der Waals surface area contributed by atoms with Gasteiger partial charge in [-0.25, -0.2) is 9.37 Å². The van der Waals surface area contributed by atoms with E-state index in [1.54, 1.807) is 12.1 Å². The molecule has 0 bridgehead atoms. The van der Waals surface area contributed by atoms with Crippen LogP contribution in [0.2, 0.25) is 0 Å². The minimum atomic E-state index is -4.45. The van der Waals surface area contributed by atoms with Gasteiger partial charge in [-0.15, -0.1) is 35.3 Å². The van der Waals surface area contributed by atoms with E-state index in [9.17, 15) is 17.6 Å². The lowest BCUT2D eigenvalue weighted by Crippen LogP contribution is -2.39. The van der Waals surface area contributed by atoms with E-state index in [-0.39, 0.29) is 42.4 Å². The smallest absolute Gasteiger partial charge is 0.375 e. The Bertz CT molecular complexity index is 737. The molecule has 1 heterocycles. The molecule has 0 spiro atoms. The molecule has 0 radical (unpaired) electrons. The van der Waals surface area contributed by atoms with Crippen LogP contribution in [0.1, 0.15) is 22.4 Å². The van der Waals surface area contributed by atoms with E-state index in [1.165, 1.54) is 26.3 Å². The monoisotopic (exact) mass is 518 g/mol. The highest BCUT2D eigenvalue weighted by atomic mass is 127. The molecule has 1 aromatic heterocycles. The molecule has 0 fully saturated rings. The maximum Gasteiger partial charge on any atom is 0.434 e. The molecule has 11 heteroatoms. The fourth-order valence-corrected chi connectivity index (χ4v) is 2.85. The maximum atomic E-state index is 13.0. The Balaban J connectivity index is 0.00000364. The third kappa shape index (κ3) is 7.22. The zero-order valence-electron chi connectivity index (χ0n) is 14.5. The number of rotatable bonds is 6. The van der Waals surface area contributed by atoms with E-state index in [2.05, 4.69) is 20.6 Å². The first kappa shape index (κ1) is 23.6. The molecule has 1 atom stereocenters. The lowest BCUT2D eigenvalue weighted by Gasteiger charge is -2.18. The van der Waals surface area contributed by atoms with Crippen molar-refractivity contribution in [2.24, 2.45) is 4.99 Å². The number of guanidine groups is 1. The second-order valence-electron chi connectivity index (χ2n) is 5.21. The zero-order chi connectivity index (χ0) is 19.2. The Morgan fingerprint density at radius 3 is 2.44 bits per heavy atom. The topological polar surface area (TPSA) is 58.5 Å². The summed E-state index contributed by atoms with van der Waals surface area (Å²) in [6, 6.07) is 5.93. The number of nitrogens with zero attached hydrogens (tertiary/aromatic N) is 2. The Kier molecular flexibility index (Phi) is 9.39. The van der Waals surface area contributed by atoms with Gasteiger partial charge in [0, 0.05) is 26.1 Å². The standard InChI is InChI=1S/C16H18F4N4OS.HI/c1-21-15(23-8-14-24-13(9-26-14)16(18,19)20)22-7-12(25-2)10-3-5-11(17)6-4-10;/h3-6,9,12H,7-8H2,1-2H3,(H2,21,22,23);1H. The average Bonchev–Trinajstić information content (AvgIpc) is 3.09. The third-order valence-corrected chi connectivity index (χ3v) is 4.30. The molecule has 27 heavy (non-hydrogen) atoms. The summed E-state index contributed by atoms with van der Waals surface area (Å²) in [5.74, 6) is 0.0497. The first-order chi connectivity index (χ1) is 12.3. The molecule has 0 saturated carbocycles. The summed E-state index contributed by atoms with van der Waals surface area (Å²) in [5, 5.41) is 7.18. The minimum absolute atomic E-state index is 0. The number of ether oxygens (including phenoxy) is 1. The summed E-state index contributed by atoms with van der Waals surface area (Å²) >= 11 is 0.919.